The van der Waals surface area contributed by atoms with Gasteiger partial charge in [-0.1, -0.05) is 4.49 Å². The Morgan fingerprint density at radius 3 is 2.93 bits per heavy atom. The molecule has 0 spiro atoms. The predicted octanol–water partition coefficient (Wildman–Crippen LogP) is -0.416. The van der Waals surface area contributed by atoms with Crippen LogP contribution in [0.2, 0.25) is 0 Å². The number of hydrogen-bond donors (Lipinski definition) is 2. The van der Waals surface area contributed by atoms with Crippen LogP contribution in [0, 0.1) is 6.92 Å². The quantitative estimate of drug-likeness (QED) is 0.719. The molecule has 1 atom stereocenters. The monoisotopic (exact) mass is 231 g/mol. The molecule has 1 aromatic rings. The summed E-state index contributed by atoms with van der Waals surface area (Å²) >= 11 is 1.03. The summed E-state index contributed by atoms with van der Waals surface area (Å²) < 4.78 is 8.50. The van der Waals surface area contributed by atoms with Gasteiger partial charge in [0.15, 0.2) is 0 Å². The van der Waals surface area contributed by atoms with E-state index in [1.165, 1.54) is 7.11 Å². The number of ether oxygens (including phenoxy) is 1. The summed E-state index contributed by atoms with van der Waals surface area (Å²) in [7, 11) is 1.51. The summed E-state index contributed by atoms with van der Waals surface area (Å²) in [5.74, 6) is -0.279. The zero-order valence-corrected chi connectivity index (χ0v) is 9.37. The topological polar surface area (TPSA) is 84.3 Å². The van der Waals surface area contributed by atoms with Gasteiger partial charge in [0, 0.05) is 7.11 Å². The molecule has 1 unspecified atom stereocenters. The Hall–Kier alpha value is -1.05. The molecule has 2 N–H and O–H groups in total. The Bertz CT molecular complexity index is 329. The second-order valence-corrected chi connectivity index (χ2v) is 3.75. The molecule has 0 saturated carbocycles. The zero-order chi connectivity index (χ0) is 11.3. The fourth-order valence-electron chi connectivity index (χ4n) is 1.03. The molecular formula is C8H13N3O3S. The maximum absolute atomic E-state index is 11.6. The Morgan fingerprint density at radius 1 is 1.73 bits per heavy atom. The number of aliphatic hydroxyl groups excluding tert-OH is 1. The smallest absolute Gasteiger partial charge is 0.265 e. The maximum atomic E-state index is 11.6. The highest BCUT2D eigenvalue weighted by Crippen LogP contribution is 2.08. The van der Waals surface area contributed by atoms with Crippen molar-refractivity contribution < 1.29 is 14.6 Å². The SMILES string of the molecule is COCC(CO)NC(=O)c1snnc1C. The number of carbonyl (C=O) groups excluding carboxylic acids is 1. The van der Waals surface area contributed by atoms with E-state index in [9.17, 15) is 4.79 Å². The third-order valence-corrected chi connectivity index (χ3v) is 2.61. The number of amides is 1. The number of carbonyl (C=O) groups is 1. The summed E-state index contributed by atoms with van der Waals surface area (Å²) in [6, 6.07) is -0.399. The third-order valence-electron chi connectivity index (χ3n) is 1.78. The van der Waals surface area contributed by atoms with Crippen molar-refractivity contribution in [3.8, 4) is 0 Å². The van der Waals surface area contributed by atoms with Crippen molar-refractivity contribution in [3.05, 3.63) is 10.6 Å². The summed E-state index contributed by atoms with van der Waals surface area (Å²) in [5.41, 5.74) is 0.589. The van der Waals surface area contributed by atoms with E-state index in [1.807, 2.05) is 0 Å². The number of aryl methyl sites for hydroxylation is 1. The number of nitrogens with zero attached hydrogens (tertiary/aromatic N) is 2. The van der Waals surface area contributed by atoms with Gasteiger partial charge in [-0.15, -0.1) is 5.10 Å². The molecule has 1 rings (SSSR count). The fraction of sp³-hybridized carbons (Fsp3) is 0.625. The molecule has 7 heteroatoms. The molecule has 1 amide bonds. The third kappa shape index (κ3) is 3.22. The van der Waals surface area contributed by atoms with E-state index in [0.717, 1.165) is 11.5 Å². The van der Waals surface area contributed by atoms with Crippen molar-refractivity contribution in [2.45, 2.75) is 13.0 Å². The van der Waals surface area contributed by atoms with Crippen LogP contribution in [0.3, 0.4) is 0 Å². The number of nitrogens with one attached hydrogen (secondary N) is 1. The van der Waals surface area contributed by atoms with Gasteiger partial charge in [0.2, 0.25) is 0 Å². The molecule has 0 aliphatic carbocycles. The highest BCUT2D eigenvalue weighted by Gasteiger charge is 2.16. The minimum Gasteiger partial charge on any atom is -0.394 e. The van der Waals surface area contributed by atoms with E-state index in [2.05, 4.69) is 14.9 Å². The van der Waals surface area contributed by atoms with Crippen molar-refractivity contribution in [2.24, 2.45) is 0 Å². The van der Waals surface area contributed by atoms with Crippen LogP contribution in [0.25, 0.3) is 0 Å². The normalized spacial score (nSPS) is 12.5. The van der Waals surface area contributed by atoms with Gasteiger partial charge in [-0.3, -0.25) is 4.79 Å². The van der Waals surface area contributed by atoms with Gasteiger partial charge in [0.25, 0.3) is 5.91 Å². The minimum atomic E-state index is -0.399. The molecule has 1 aromatic heterocycles. The lowest BCUT2D eigenvalue weighted by atomic mass is 10.3. The summed E-state index contributed by atoms with van der Waals surface area (Å²) in [6.45, 7) is 1.82. The lowest BCUT2D eigenvalue weighted by molar-refractivity contribution is 0.0842. The molecule has 1 heterocycles. The average Bonchev–Trinajstić information content (AvgIpc) is 2.63. The zero-order valence-electron chi connectivity index (χ0n) is 8.56. The Balaban J connectivity index is 2.58. The standard InChI is InChI=1S/C8H13N3O3S/c1-5-7(15-11-10-5)8(13)9-6(3-12)4-14-2/h6,12H,3-4H2,1-2H3,(H,9,13). The van der Waals surface area contributed by atoms with Gasteiger partial charge >= 0.3 is 0 Å². The van der Waals surface area contributed by atoms with Crippen LogP contribution in [-0.2, 0) is 4.74 Å². The first-order chi connectivity index (χ1) is 7.19. The number of hydrogen-bond acceptors (Lipinski definition) is 6. The second kappa shape index (κ2) is 5.74. The van der Waals surface area contributed by atoms with Crippen LogP contribution in [0.1, 0.15) is 15.4 Å². The summed E-state index contributed by atoms with van der Waals surface area (Å²) in [4.78, 5) is 12.1. The molecule has 0 aromatic carbocycles. The van der Waals surface area contributed by atoms with Gasteiger partial charge in [0.05, 0.1) is 24.9 Å². The Morgan fingerprint density at radius 2 is 2.47 bits per heavy atom. The van der Waals surface area contributed by atoms with Gasteiger partial charge in [-0.25, -0.2) is 0 Å². The lowest BCUT2D eigenvalue weighted by Crippen LogP contribution is -2.40. The second-order valence-electron chi connectivity index (χ2n) is 3.00. The number of aliphatic hydroxyl groups is 1. The van der Waals surface area contributed by atoms with Crippen LogP contribution < -0.4 is 5.32 Å². The van der Waals surface area contributed by atoms with Gasteiger partial charge in [-0.05, 0) is 18.5 Å². The van der Waals surface area contributed by atoms with Crippen molar-refractivity contribution >= 4 is 17.4 Å². The highest BCUT2D eigenvalue weighted by atomic mass is 32.1. The Labute approximate surface area is 91.4 Å². The first-order valence-corrected chi connectivity index (χ1v) is 5.16. The summed E-state index contributed by atoms with van der Waals surface area (Å²) in [6.07, 6.45) is 0. The fourth-order valence-corrected chi connectivity index (χ4v) is 1.59. The van der Waals surface area contributed by atoms with Crippen LogP contribution in [0.4, 0.5) is 0 Å². The maximum Gasteiger partial charge on any atom is 0.265 e. The van der Waals surface area contributed by atoms with Crippen molar-refractivity contribution in [3.63, 3.8) is 0 Å². The van der Waals surface area contributed by atoms with Crippen molar-refractivity contribution in [1.82, 2.24) is 14.9 Å². The molecule has 0 fully saturated rings. The molecule has 0 saturated heterocycles. The minimum absolute atomic E-state index is 0.162. The highest BCUT2D eigenvalue weighted by molar-refractivity contribution is 7.07. The summed E-state index contributed by atoms with van der Waals surface area (Å²) in [5, 5.41) is 15.3. The van der Waals surface area contributed by atoms with E-state index in [1.54, 1.807) is 6.92 Å². The first-order valence-electron chi connectivity index (χ1n) is 4.38. The van der Waals surface area contributed by atoms with Crippen molar-refractivity contribution in [1.29, 1.82) is 0 Å². The van der Waals surface area contributed by atoms with E-state index in [-0.39, 0.29) is 19.1 Å². The molecular weight excluding hydrogens is 218 g/mol. The van der Waals surface area contributed by atoms with E-state index < -0.39 is 6.04 Å². The largest absolute Gasteiger partial charge is 0.394 e. The van der Waals surface area contributed by atoms with E-state index in [4.69, 9.17) is 9.84 Å². The average molecular weight is 231 g/mol. The van der Waals surface area contributed by atoms with E-state index >= 15 is 0 Å². The number of aromatic nitrogens is 2. The van der Waals surface area contributed by atoms with Gasteiger partial charge < -0.3 is 15.2 Å². The number of methoxy groups -OCH3 is 1. The van der Waals surface area contributed by atoms with Crippen molar-refractivity contribution in [2.75, 3.05) is 20.3 Å². The van der Waals surface area contributed by atoms with Crippen LogP contribution >= 0.6 is 11.5 Å². The molecule has 0 aliphatic heterocycles. The molecule has 0 radical (unpaired) electrons. The lowest BCUT2D eigenvalue weighted by Gasteiger charge is -2.14. The molecule has 0 bridgehead atoms. The molecule has 15 heavy (non-hydrogen) atoms. The number of rotatable bonds is 5. The van der Waals surface area contributed by atoms with E-state index in [0.29, 0.717) is 10.6 Å². The van der Waals surface area contributed by atoms with Crippen LogP contribution in [-0.4, -0.2) is 47.0 Å². The predicted molar refractivity (Wildman–Crippen MR) is 54.9 cm³/mol. The van der Waals surface area contributed by atoms with Gasteiger partial charge in [0.1, 0.15) is 4.88 Å². The molecule has 6 nitrogen and oxygen atoms in total. The first kappa shape index (κ1) is 12.0. The van der Waals surface area contributed by atoms with Crippen LogP contribution in [0.5, 0.6) is 0 Å². The Kier molecular flexibility index (Phi) is 4.60. The van der Waals surface area contributed by atoms with Gasteiger partial charge in [-0.2, -0.15) is 0 Å². The molecule has 0 aliphatic rings. The van der Waals surface area contributed by atoms with Crippen LogP contribution in [0.15, 0.2) is 0 Å². The molecule has 84 valence electrons.